The normalized spacial score (nSPS) is 14.3. The maximum Gasteiger partial charge on any atom is 0.103 e. The van der Waals surface area contributed by atoms with E-state index in [0.717, 1.165) is 6.42 Å². The van der Waals surface area contributed by atoms with E-state index < -0.39 is 0 Å². The quantitative estimate of drug-likeness (QED) is 0.302. The third kappa shape index (κ3) is 4.88. The van der Waals surface area contributed by atoms with Crippen LogP contribution in [-0.2, 0) is 0 Å². The standard InChI is InChI=1S/C6H17N2.BrH/c1-5-6(2)8(3,4)7;/h6H,5,7H2,1-4H3;1H/q+1;/p-1. The van der Waals surface area contributed by atoms with Crippen molar-refractivity contribution in [1.82, 2.24) is 0 Å². The second-order valence-electron chi connectivity index (χ2n) is 2.89. The lowest BCUT2D eigenvalue weighted by molar-refractivity contribution is -0.925. The zero-order chi connectivity index (χ0) is 6.78. The first kappa shape index (κ1) is 12.1. The van der Waals surface area contributed by atoms with Crippen LogP contribution in [0.4, 0.5) is 0 Å². The fourth-order valence-corrected chi connectivity index (χ4v) is 0.471. The fraction of sp³-hybridized carbons (Fsp3) is 1.00. The highest BCUT2D eigenvalue weighted by Gasteiger charge is 2.15. The molecular formula is C6H17BrN2. The molecule has 0 saturated carbocycles. The van der Waals surface area contributed by atoms with Crippen LogP contribution in [0.2, 0.25) is 0 Å². The molecule has 0 fully saturated rings. The zero-order valence-electron chi connectivity index (χ0n) is 6.69. The van der Waals surface area contributed by atoms with Crippen LogP contribution in [0.25, 0.3) is 0 Å². The number of quaternary nitrogens is 1. The van der Waals surface area contributed by atoms with Crippen molar-refractivity contribution < 1.29 is 21.6 Å². The molecule has 0 radical (unpaired) electrons. The highest BCUT2D eigenvalue weighted by Crippen LogP contribution is 2.00. The van der Waals surface area contributed by atoms with Gasteiger partial charge in [-0.05, 0) is 13.3 Å². The lowest BCUT2D eigenvalue weighted by atomic mass is 10.2. The molecule has 0 bridgehead atoms. The van der Waals surface area contributed by atoms with Gasteiger partial charge in [0.1, 0.15) is 6.04 Å². The molecule has 2 N–H and O–H groups in total. The summed E-state index contributed by atoms with van der Waals surface area (Å²) in [5, 5.41) is 0. The van der Waals surface area contributed by atoms with Crippen molar-refractivity contribution in [2.24, 2.45) is 5.84 Å². The lowest BCUT2D eigenvalue weighted by Gasteiger charge is -2.28. The average Bonchev–Trinajstić information content (AvgIpc) is 1.62. The molecule has 0 aromatic heterocycles. The zero-order valence-corrected chi connectivity index (χ0v) is 8.27. The Kier molecular flexibility index (Phi) is 5.72. The van der Waals surface area contributed by atoms with E-state index in [0.29, 0.717) is 10.6 Å². The van der Waals surface area contributed by atoms with Crippen molar-refractivity contribution in [3.05, 3.63) is 0 Å². The summed E-state index contributed by atoms with van der Waals surface area (Å²) in [5.74, 6) is 5.73. The predicted octanol–water partition coefficient (Wildman–Crippen LogP) is -2.26. The Morgan fingerprint density at radius 1 is 1.44 bits per heavy atom. The Bertz CT molecular complexity index is 67.9. The number of rotatable bonds is 2. The summed E-state index contributed by atoms with van der Waals surface area (Å²) in [4.78, 5) is 0. The van der Waals surface area contributed by atoms with Crippen LogP contribution in [0.3, 0.4) is 0 Å². The monoisotopic (exact) mass is 196 g/mol. The highest BCUT2D eigenvalue weighted by molar-refractivity contribution is 4.40. The van der Waals surface area contributed by atoms with E-state index in [4.69, 9.17) is 5.84 Å². The van der Waals surface area contributed by atoms with Crippen LogP contribution in [-0.4, -0.2) is 24.7 Å². The van der Waals surface area contributed by atoms with Gasteiger partial charge in [-0.1, -0.05) is 6.92 Å². The van der Waals surface area contributed by atoms with Crippen molar-refractivity contribution >= 4 is 0 Å². The third-order valence-electron chi connectivity index (χ3n) is 1.73. The largest absolute Gasteiger partial charge is 1.00 e. The summed E-state index contributed by atoms with van der Waals surface area (Å²) < 4.78 is 0.580. The fourth-order valence-electron chi connectivity index (χ4n) is 0.471. The van der Waals surface area contributed by atoms with Crippen LogP contribution in [0.5, 0.6) is 0 Å². The molecule has 0 aliphatic carbocycles. The molecule has 58 valence electrons. The maximum atomic E-state index is 5.73. The van der Waals surface area contributed by atoms with Crippen molar-refractivity contribution in [3.8, 4) is 0 Å². The molecule has 9 heavy (non-hydrogen) atoms. The first-order valence-corrected chi connectivity index (χ1v) is 3.10. The van der Waals surface area contributed by atoms with Crippen molar-refractivity contribution in [3.63, 3.8) is 0 Å². The van der Waals surface area contributed by atoms with Gasteiger partial charge in [0.15, 0.2) is 0 Å². The molecule has 0 saturated heterocycles. The summed E-state index contributed by atoms with van der Waals surface area (Å²) in [6.45, 7) is 4.30. The molecule has 0 aliphatic heterocycles. The predicted molar refractivity (Wildman–Crippen MR) is 36.0 cm³/mol. The first-order valence-electron chi connectivity index (χ1n) is 3.10. The Balaban J connectivity index is 0. The van der Waals surface area contributed by atoms with E-state index in [1.807, 2.05) is 14.1 Å². The third-order valence-corrected chi connectivity index (χ3v) is 1.73. The minimum atomic E-state index is 0. The highest BCUT2D eigenvalue weighted by atomic mass is 79.9. The van der Waals surface area contributed by atoms with Gasteiger partial charge in [-0.2, -0.15) is 5.84 Å². The second-order valence-corrected chi connectivity index (χ2v) is 2.89. The molecule has 1 atom stereocenters. The summed E-state index contributed by atoms with van der Waals surface area (Å²) in [5.41, 5.74) is 0. The molecule has 0 aliphatic rings. The van der Waals surface area contributed by atoms with Crippen LogP contribution in [0.15, 0.2) is 0 Å². The van der Waals surface area contributed by atoms with Gasteiger partial charge in [0.05, 0.1) is 14.1 Å². The van der Waals surface area contributed by atoms with Crippen LogP contribution < -0.4 is 22.8 Å². The van der Waals surface area contributed by atoms with E-state index in [1.165, 1.54) is 0 Å². The first-order chi connectivity index (χ1) is 3.48. The number of halogens is 1. The van der Waals surface area contributed by atoms with Gasteiger partial charge in [-0.15, -0.1) is 0 Å². The molecule has 2 nitrogen and oxygen atoms in total. The molecule has 0 rings (SSSR count). The second kappa shape index (κ2) is 4.25. The SMILES string of the molecule is CCC(C)[N+](C)(C)N.[Br-]. The van der Waals surface area contributed by atoms with Crippen LogP contribution in [0, 0.1) is 0 Å². The van der Waals surface area contributed by atoms with Gasteiger partial charge < -0.3 is 17.0 Å². The Morgan fingerprint density at radius 3 is 1.78 bits per heavy atom. The maximum absolute atomic E-state index is 5.73. The molecule has 3 heteroatoms. The minimum Gasteiger partial charge on any atom is -1.00 e. The minimum absolute atomic E-state index is 0. The Hall–Kier alpha value is 0.400. The molecule has 0 amide bonds. The van der Waals surface area contributed by atoms with Gasteiger partial charge in [0, 0.05) is 0 Å². The topological polar surface area (TPSA) is 26.0 Å². The van der Waals surface area contributed by atoms with Crippen LogP contribution >= 0.6 is 0 Å². The van der Waals surface area contributed by atoms with Gasteiger partial charge in [0.25, 0.3) is 0 Å². The molecule has 0 aromatic carbocycles. The lowest BCUT2D eigenvalue weighted by Crippen LogP contribution is -3.00. The van der Waals surface area contributed by atoms with Gasteiger partial charge >= 0.3 is 0 Å². The van der Waals surface area contributed by atoms with E-state index in [2.05, 4.69) is 13.8 Å². The summed E-state index contributed by atoms with van der Waals surface area (Å²) in [7, 11) is 4.02. The van der Waals surface area contributed by atoms with Crippen molar-refractivity contribution in [2.75, 3.05) is 14.1 Å². The summed E-state index contributed by atoms with van der Waals surface area (Å²) in [6, 6.07) is 0.565. The van der Waals surface area contributed by atoms with Gasteiger partial charge in [-0.25, -0.2) is 0 Å². The van der Waals surface area contributed by atoms with Crippen molar-refractivity contribution in [2.45, 2.75) is 26.3 Å². The molecule has 1 unspecified atom stereocenters. The number of nitrogens with two attached hydrogens (primary N) is 1. The molecule has 0 heterocycles. The Labute approximate surface area is 68.4 Å². The summed E-state index contributed by atoms with van der Waals surface area (Å²) in [6.07, 6.45) is 1.14. The van der Waals surface area contributed by atoms with Gasteiger partial charge in [0.2, 0.25) is 0 Å². The Morgan fingerprint density at radius 2 is 1.78 bits per heavy atom. The number of hydrogen-bond acceptors (Lipinski definition) is 1. The van der Waals surface area contributed by atoms with E-state index >= 15 is 0 Å². The molecule has 0 aromatic rings. The van der Waals surface area contributed by atoms with Crippen LogP contribution in [0.1, 0.15) is 20.3 Å². The number of hydrogen-bond donors (Lipinski definition) is 1. The molecular weight excluding hydrogens is 180 g/mol. The average molecular weight is 197 g/mol. The smallest absolute Gasteiger partial charge is 0.103 e. The van der Waals surface area contributed by atoms with Gasteiger partial charge in [-0.3, -0.25) is 4.59 Å². The number of nitrogens with zero attached hydrogens (tertiary/aromatic N) is 1. The van der Waals surface area contributed by atoms with Crippen molar-refractivity contribution in [1.29, 1.82) is 0 Å². The van der Waals surface area contributed by atoms with E-state index in [9.17, 15) is 0 Å². The molecule has 0 spiro atoms. The summed E-state index contributed by atoms with van der Waals surface area (Å²) >= 11 is 0. The van der Waals surface area contributed by atoms with E-state index in [-0.39, 0.29) is 17.0 Å². The van der Waals surface area contributed by atoms with E-state index in [1.54, 1.807) is 0 Å².